The number of unbranched alkanes of at least 4 members (excludes halogenated alkanes) is 1. The Morgan fingerprint density at radius 2 is 1.84 bits per heavy atom. The molecule has 5 nitrogen and oxygen atoms in total. The molecule has 1 saturated heterocycles. The fourth-order valence-corrected chi connectivity index (χ4v) is 1.79. The molecule has 0 radical (unpaired) electrons. The van der Waals surface area contributed by atoms with Crippen LogP contribution in [0.5, 0.6) is 0 Å². The smallest absolute Gasteiger partial charge is 0.389 e. The average Bonchev–Trinajstić information content (AvgIpc) is 2.76. The number of amides is 1. The van der Waals surface area contributed by atoms with Gasteiger partial charge >= 0.3 is 12.1 Å². The van der Waals surface area contributed by atoms with Crippen molar-refractivity contribution in [3.05, 3.63) is 0 Å². The van der Waals surface area contributed by atoms with E-state index in [1.54, 1.807) is 0 Å². The van der Waals surface area contributed by atoms with Crippen LogP contribution in [0.3, 0.4) is 0 Å². The Hall–Kier alpha value is -1.31. The maximum Gasteiger partial charge on any atom is 0.389 e. The highest BCUT2D eigenvalue weighted by atomic mass is 19.4. The van der Waals surface area contributed by atoms with E-state index in [9.17, 15) is 22.8 Å². The first kappa shape index (κ1) is 15.7. The Kier molecular flexibility index (Phi) is 5.59. The molecule has 110 valence electrons. The molecule has 1 amide bonds. The van der Waals surface area contributed by atoms with Gasteiger partial charge in [-0.15, -0.1) is 0 Å². The van der Waals surface area contributed by atoms with E-state index in [0.717, 1.165) is 0 Å². The summed E-state index contributed by atoms with van der Waals surface area (Å²) >= 11 is 0. The molecular formula is C11H16F3NO4. The number of carbonyl (C=O) groups excluding carboxylic acids is 1. The van der Waals surface area contributed by atoms with Crippen molar-refractivity contribution in [1.82, 2.24) is 5.32 Å². The molecule has 0 saturated carbocycles. The van der Waals surface area contributed by atoms with Gasteiger partial charge in [0.2, 0.25) is 5.91 Å². The lowest BCUT2D eigenvalue weighted by Crippen LogP contribution is -2.36. The zero-order valence-electron chi connectivity index (χ0n) is 10.2. The normalized spacial score (nSPS) is 23.3. The van der Waals surface area contributed by atoms with E-state index in [2.05, 4.69) is 5.32 Å². The zero-order valence-corrected chi connectivity index (χ0v) is 10.2. The van der Waals surface area contributed by atoms with Crippen LogP contribution in [-0.4, -0.2) is 41.9 Å². The van der Waals surface area contributed by atoms with E-state index >= 15 is 0 Å². The number of alkyl halides is 3. The van der Waals surface area contributed by atoms with Gasteiger partial charge in [-0.3, -0.25) is 4.79 Å². The maximum atomic E-state index is 11.8. The summed E-state index contributed by atoms with van der Waals surface area (Å²) in [6.07, 6.45) is -6.08. The summed E-state index contributed by atoms with van der Waals surface area (Å²) in [6, 6.07) is 0. The van der Waals surface area contributed by atoms with Crippen LogP contribution in [0.25, 0.3) is 0 Å². The molecule has 2 N–H and O–H groups in total. The van der Waals surface area contributed by atoms with Crippen molar-refractivity contribution in [3.8, 4) is 0 Å². The molecule has 0 spiro atoms. The summed E-state index contributed by atoms with van der Waals surface area (Å²) in [5.74, 6) is -1.57. The molecule has 0 aliphatic carbocycles. The minimum Gasteiger partial charge on any atom is -0.479 e. The molecule has 8 heteroatoms. The summed E-state index contributed by atoms with van der Waals surface area (Å²) in [5.41, 5.74) is 0. The first-order valence-corrected chi connectivity index (χ1v) is 6.02. The van der Waals surface area contributed by atoms with Crippen molar-refractivity contribution in [2.75, 3.05) is 6.54 Å². The number of hydrogen-bond donors (Lipinski definition) is 2. The van der Waals surface area contributed by atoms with Gasteiger partial charge in [0.15, 0.2) is 6.10 Å². The fourth-order valence-electron chi connectivity index (χ4n) is 1.79. The number of nitrogens with one attached hydrogen (secondary N) is 1. The SMILES string of the molecule is O=C(O)C1CCC(C(=O)NCCCCC(F)(F)F)O1. The lowest BCUT2D eigenvalue weighted by Gasteiger charge is -2.12. The van der Waals surface area contributed by atoms with Crippen LogP contribution in [0.2, 0.25) is 0 Å². The molecule has 0 aromatic heterocycles. The Labute approximate surface area is 108 Å². The third-order valence-electron chi connectivity index (χ3n) is 2.77. The molecule has 1 aliphatic rings. The molecule has 2 atom stereocenters. The van der Waals surface area contributed by atoms with E-state index in [1.165, 1.54) is 0 Å². The highest BCUT2D eigenvalue weighted by Crippen LogP contribution is 2.22. The molecule has 0 aromatic carbocycles. The topological polar surface area (TPSA) is 75.6 Å². The second-order valence-electron chi connectivity index (χ2n) is 4.39. The second-order valence-corrected chi connectivity index (χ2v) is 4.39. The molecular weight excluding hydrogens is 267 g/mol. The Balaban J connectivity index is 2.14. The number of carboxylic acids is 1. The highest BCUT2D eigenvalue weighted by molar-refractivity contribution is 5.82. The number of carboxylic acid groups (broad SMARTS) is 1. The molecule has 1 heterocycles. The molecule has 19 heavy (non-hydrogen) atoms. The zero-order chi connectivity index (χ0) is 14.5. The molecule has 1 aliphatic heterocycles. The van der Waals surface area contributed by atoms with Crippen molar-refractivity contribution in [1.29, 1.82) is 0 Å². The van der Waals surface area contributed by atoms with Gasteiger partial charge in [0.05, 0.1) is 0 Å². The lowest BCUT2D eigenvalue weighted by molar-refractivity contribution is -0.151. The van der Waals surface area contributed by atoms with E-state index in [4.69, 9.17) is 9.84 Å². The first-order chi connectivity index (χ1) is 8.79. The Morgan fingerprint density at radius 1 is 1.21 bits per heavy atom. The van der Waals surface area contributed by atoms with Crippen molar-refractivity contribution in [2.45, 2.75) is 50.5 Å². The van der Waals surface area contributed by atoms with E-state index in [-0.39, 0.29) is 25.8 Å². The summed E-state index contributed by atoms with van der Waals surface area (Å²) < 4.78 is 40.5. The average molecular weight is 283 g/mol. The van der Waals surface area contributed by atoms with Crippen LogP contribution in [0.1, 0.15) is 32.1 Å². The summed E-state index contributed by atoms with van der Waals surface area (Å²) in [6.45, 7) is 0.131. The van der Waals surface area contributed by atoms with Gasteiger partial charge in [0, 0.05) is 13.0 Å². The standard InChI is InChI=1S/C11H16F3NO4/c12-11(13,14)5-1-2-6-15-9(16)7-3-4-8(19-7)10(17)18/h7-8H,1-6H2,(H,15,16)(H,17,18). The van der Waals surface area contributed by atoms with Gasteiger partial charge in [-0.25, -0.2) is 4.79 Å². The van der Waals surface area contributed by atoms with Crippen LogP contribution >= 0.6 is 0 Å². The number of rotatable bonds is 6. The third-order valence-corrected chi connectivity index (χ3v) is 2.77. The minimum atomic E-state index is -4.17. The number of carbonyl (C=O) groups is 2. The van der Waals surface area contributed by atoms with Gasteiger partial charge in [-0.05, 0) is 25.7 Å². The van der Waals surface area contributed by atoms with Crippen LogP contribution in [0.15, 0.2) is 0 Å². The minimum absolute atomic E-state index is 0.0486. The molecule has 1 fully saturated rings. The van der Waals surface area contributed by atoms with Crippen molar-refractivity contribution in [2.24, 2.45) is 0 Å². The molecule has 0 bridgehead atoms. The first-order valence-electron chi connectivity index (χ1n) is 6.02. The van der Waals surface area contributed by atoms with Gasteiger partial charge in [-0.2, -0.15) is 13.2 Å². The highest BCUT2D eigenvalue weighted by Gasteiger charge is 2.34. The van der Waals surface area contributed by atoms with Crippen LogP contribution in [-0.2, 0) is 14.3 Å². The van der Waals surface area contributed by atoms with Crippen LogP contribution < -0.4 is 5.32 Å². The third kappa shape index (κ3) is 5.91. The molecule has 0 aromatic rings. The summed E-state index contributed by atoms with van der Waals surface area (Å²) in [5, 5.41) is 11.1. The van der Waals surface area contributed by atoms with Crippen molar-refractivity contribution >= 4 is 11.9 Å². The van der Waals surface area contributed by atoms with Gasteiger partial charge in [0.25, 0.3) is 0 Å². The molecule has 2 unspecified atom stereocenters. The van der Waals surface area contributed by atoms with Gasteiger partial charge < -0.3 is 15.2 Å². The van der Waals surface area contributed by atoms with Crippen LogP contribution in [0.4, 0.5) is 13.2 Å². The van der Waals surface area contributed by atoms with Crippen molar-refractivity contribution in [3.63, 3.8) is 0 Å². The van der Waals surface area contributed by atoms with Gasteiger partial charge in [0.1, 0.15) is 6.10 Å². The maximum absolute atomic E-state index is 11.8. The van der Waals surface area contributed by atoms with Gasteiger partial charge in [-0.1, -0.05) is 0 Å². The van der Waals surface area contributed by atoms with E-state index in [1.807, 2.05) is 0 Å². The predicted octanol–water partition coefficient (Wildman–Crippen LogP) is 1.47. The van der Waals surface area contributed by atoms with E-state index < -0.39 is 36.7 Å². The summed E-state index contributed by atoms with van der Waals surface area (Å²) in [7, 11) is 0. The number of aliphatic carboxylic acids is 1. The number of hydrogen-bond acceptors (Lipinski definition) is 3. The summed E-state index contributed by atoms with van der Waals surface area (Å²) in [4.78, 5) is 22.1. The second kappa shape index (κ2) is 6.74. The fraction of sp³-hybridized carbons (Fsp3) is 0.818. The Bertz CT molecular complexity index is 332. The monoisotopic (exact) mass is 283 g/mol. The quantitative estimate of drug-likeness (QED) is 0.724. The van der Waals surface area contributed by atoms with Crippen molar-refractivity contribution < 1.29 is 32.6 Å². The predicted molar refractivity (Wildman–Crippen MR) is 58.4 cm³/mol. The largest absolute Gasteiger partial charge is 0.479 e. The number of ether oxygens (including phenoxy) is 1. The molecule has 1 rings (SSSR count). The number of halogens is 3. The Morgan fingerprint density at radius 3 is 2.37 bits per heavy atom. The van der Waals surface area contributed by atoms with E-state index in [0.29, 0.717) is 6.42 Å². The van der Waals surface area contributed by atoms with Crippen LogP contribution in [0, 0.1) is 0 Å². The lowest BCUT2D eigenvalue weighted by atomic mass is 10.2.